The minimum atomic E-state index is -0.936. The molecule has 1 heterocycles. The lowest BCUT2D eigenvalue weighted by molar-refractivity contribution is -0.143. The molecule has 0 amide bonds. The smallest absolute Gasteiger partial charge is 0.310 e. The second kappa shape index (κ2) is 4.00. The van der Waals surface area contributed by atoms with Gasteiger partial charge in [0.05, 0.1) is 13.0 Å². The number of fused-ring (bicyclic) bond motifs is 1. The Hall–Kier alpha value is -1.78. The molecular formula is C11H11FO4. The Morgan fingerprint density at radius 2 is 2.38 bits per heavy atom. The Bertz CT molecular complexity index is 430. The van der Waals surface area contributed by atoms with Crippen molar-refractivity contribution in [3.8, 4) is 11.5 Å². The van der Waals surface area contributed by atoms with E-state index in [1.807, 2.05) is 0 Å². The molecule has 4 nitrogen and oxygen atoms in total. The van der Waals surface area contributed by atoms with E-state index in [1.54, 1.807) is 0 Å². The monoisotopic (exact) mass is 226 g/mol. The molecule has 0 fully saturated rings. The largest absolute Gasteiger partial charge is 0.493 e. The summed E-state index contributed by atoms with van der Waals surface area (Å²) >= 11 is 0. The van der Waals surface area contributed by atoms with Crippen LogP contribution in [0.1, 0.15) is 5.56 Å². The molecule has 1 atom stereocenters. The highest BCUT2D eigenvalue weighted by molar-refractivity contribution is 5.71. The third-order valence-electron chi connectivity index (χ3n) is 2.56. The van der Waals surface area contributed by atoms with Crippen molar-refractivity contribution < 1.29 is 23.8 Å². The fourth-order valence-electron chi connectivity index (χ4n) is 1.76. The minimum Gasteiger partial charge on any atom is -0.493 e. The van der Waals surface area contributed by atoms with Crippen molar-refractivity contribution in [1.82, 2.24) is 0 Å². The predicted octanol–water partition coefficient (Wildman–Crippen LogP) is 1.47. The van der Waals surface area contributed by atoms with Gasteiger partial charge in [-0.05, 0) is 12.5 Å². The number of aliphatic carboxylic acids is 1. The molecule has 0 saturated heterocycles. The van der Waals surface area contributed by atoms with Crippen molar-refractivity contribution in [2.45, 2.75) is 6.42 Å². The number of methoxy groups -OCH3 is 1. The Balaban J connectivity index is 2.38. The summed E-state index contributed by atoms with van der Waals surface area (Å²) < 4.78 is 23.5. The Labute approximate surface area is 91.6 Å². The van der Waals surface area contributed by atoms with E-state index in [0.717, 1.165) is 0 Å². The SMILES string of the molecule is COc1cc(F)cc2c1OCC(C(=O)O)C2. The van der Waals surface area contributed by atoms with E-state index in [1.165, 1.54) is 19.2 Å². The fourth-order valence-corrected chi connectivity index (χ4v) is 1.76. The molecule has 1 N–H and O–H groups in total. The van der Waals surface area contributed by atoms with Gasteiger partial charge in [-0.25, -0.2) is 4.39 Å². The third-order valence-corrected chi connectivity index (χ3v) is 2.56. The van der Waals surface area contributed by atoms with Gasteiger partial charge in [-0.2, -0.15) is 0 Å². The zero-order chi connectivity index (χ0) is 11.7. The summed E-state index contributed by atoms with van der Waals surface area (Å²) in [5.41, 5.74) is 0.538. The van der Waals surface area contributed by atoms with Crippen LogP contribution < -0.4 is 9.47 Å². The number of ether oxygens (including phenoxy) is 2. The zero-order valence-corrected chi connectivity index (χ0v) is 8.70. The van der Waals surface area contributed by atoms with Gasteiger partial charge >= 0.3 is 5.97 Å². The van der Waals surface area contributed by atoms with E-state index in [-0.39, 0.29) is 13.0 Å². The molecule has 1 aromatic rings. The fraction of sp³-hybridized carbons (Fsp3) is 0.364. The standard InChI is InChI=1S/C11H11FO4/c1-15-9-4-8(12)3-6-2-7(11(13)14)5-16-10(6)9/h3-4,7H,2,5H2,1H3,(H,13,14). The highest BCUT2D eigenvalue weighted by Crippen LogP contribution is 2.37. The van der Waals surface area contributed by atoms with Crippen LogP contribution in [0.2, 0.25) is 0 Å². The number of carboxylic acid groups (broad SMARTS) is 1. The molecule has 16 heavy (non-hydrogen) atoms. The van der Waals surface area contributed by atoms with Crippen molar-refractivity contribution in [3.63, 3.8) is 0 Å². The van der Waals surface area contributed by atoms with Crippen LogP contribution in [-0.4, -0.2) is 24.8 Å². The number of carboxylic acids is 1. The van der Waals surface area contributed by atoms with Gasteiger partial charge in [0.15, 0.2) is 11.5 Å². The summed E-state index contributed by atoms with van der Waals surface area (Å²) in [6.45, 7) is 0.0876. The third kappa shape index (κ3) is 1.80. The second-order valence-electron chi connectivity index (χ2n) is 3.65. The number of halogens is 1. The highest BCUT2D eigenvalue weighted by atomic mass is 19.1. The molecule has 0 saturated carbocycles. The number of rotatable bonds is 2. The summed E-state index contributed by atoms with van der Waals surface area (Å²) in [4.78, 5) is 10.8. The lowest BCUT2D eigenvalue weighted by Crippen LogP contribution is -2.28. The van der Waals surface area contributed by atoms with E-state index in [0.29, 0.717) is 17.1 Å². The maximum Gasteiger partial charge on any atom is 0.310 e. The quantitative estimate of drug-likeness (QED) is 0.829. The summed E-state index contributed by atoms with van der Waals surface area (Å²) in [5, 5.41) is 8.85. The van der Waals surface area contributed by atoms with Gasteiger partial charge in [0.25, 0.3) is 0 Å². The van der Waals surface area contributed by atoms with E-state index in [2.05, 4.69) is 0 Å². The molecule has 0 aromatic heterocycles. The molecule has 0 aliphatic carbocycles. The molecule has 5 heteroatoms. The topological polar surface area (TPSA) is 55.8 Å². The van der Waals surface area contributed by atoms with Gasteiger partial charge in [0, 0.05) is 11.6 Å². The Morgan fingerprint density at radius 1 is 1.62 bits per heavy atom. The highest BCUT2D eigenvalue weighted by Gasteiger charge is 2.28. The number of hydrogen-bond donors (Lipinski definition) is 1. The molecule has 0 spiro atoms. The maximum atomic E-state index is 13.2. The van der Waals surface area contributed by atoms with Crippen LogP contribution in [0, 0.1) is 11.7 Å². The van der Waals surface area contributed by atoms with Crippen molar-refractivity contribution in [2.24, 2.45) is 5.92 Å². The van der Waals surface area contributed by atoms with Crippen LogP contribution in [0.3, 0.4) is 0 Å². The molecule has 2 rings (SSSR count). The average Bonchev–Trinajstić information content (AvgIpc) is 2.26. The first kappa shape index (κ1) is 10.7. The molecular weight excluding hydrogens is 215 g/mol. The summed E-state index contributed by atoms with van der Waals surface area (Å²) in [6, 6.07) is 2.51. The van der Waals surface area contributed by atoms with Crippen LogP contribution in [0.4, 0.5) is 4.39 Å². The Morgan fingerprint density at radius 3 is 3.00 bits per heavy atom. The van der Waals surface area contributed by atoms with Crippen molar-refractivity contribution in [1.29, 1.82) is 0 Å². The maximum absolute atomic E-state index is 13.2. The minimum absolute atomic E-state index is 0.0876. The van der Waals surface area contributed by atoms with Gasteiger partial charge < -0.3 is 14.6 Å². The first-order chi connectivity index (χ1) is 7.61. The first-order valence-corrected chi connectivity index (χ1v) is 4.84. The average molecular weight is 226 g/mol. The number of benzene rings is 1. The van der Waals surface area contributed by atoms with Gasteiger partial charge in [-0.3, -0.25) is 4.79 Å². The molecule has 0 radical (unpaired) electrons. The first-order valence-electron chi connectivity index (χ1n) is 4.84. The van der Waals surface area contributed by atoms with Crippen LogP contribution in [0.15, 0.2) is 12.1 Å². The van der Waals surface area contributed by atoms with E-state index in [9.17, 15) is 9.18 Å². The molecule has 1 aliphatic heterocycles. The van der Waals surface area contributed by atoms with Gasteiger partial charge in [0.1, 0.15) is 12.4 Å². The van der Waals surface area contributed by atoms with E-state index in [4.69, 9.17) is 14.6 Å². The Kier molecular flexibility index (Phi) is 2.68. The lowest BCUT2D eigenvalue weighted by Gasteiger charge is -2.24. The molecule has 1 aromatic carbocycles. The van der Waals surface area contributed by atoms with Gasteiger partial charge in [-0.1, -0.05) is 0 Å². The normalized spacial score (nSPS) is 18.5. The molecule has 0 bridgehead atoms. The number of carbonyl (C=O) groups is 1. The van der Waals surface area contributed by atoms with Crippen LogP contribution in [0.5, 0.6) is 11.5 Å². The van der Waals surface area contributed by atoms with Crippen molar-refractivity contribution >= 4 is 5.97 Å². The van der Waals surface area contributed by atoms with Crippen molar-refractivity contribution in [3.05, 3.63) is 23.5 Å². The zero-order valence-electron chi connectivity index (χ0n) is 8.70. The summed E-state index contributed by atoms with van der Waals surface area (Å²) in [6.07, 6.45) is 0.263. The molecule has 1 aliphatic rings. The summed E-state index contributed by atoms with van der Waals surface area (Å²) in [5.74, 6) is -1.27. The molecule has 86 valence electrons. The predicted molar refractivity (Wildman–Crippen MR) is 53.3 cm³/mol. The van der Waals surface area contributed by atoms with Crippen LogP contribution in [0.25, 0.3) is 0 Å². The lowest BCUT2D eigenvalue weighted by atomic mass is 9.96. The van der Waals surface area contributed by atoms with Gasteiger partial charge in [-0.15, -0.1) is 0 Å². The second-order valence-corrected chi connectivity index (χ2v) is 3.65. The van der Waals surface area contributed by atoms with Crippen LogP contribution in [-0.2, 0) is 11.2 Å². The number of hydrogen-bond acceptors (Lipinski definition) is 3. The van der Waals surface area contributed by atoms with E-state index >= 15 is 0 Å². The van der Waals surface area contributed by atoms with Crippen molar-refractivity contribution in [2.75, 3.05) is 13.7 Å². The van der Waals surface area contributed by atoms with Crippen LogP contribution >= 0.6 is 0 Å². The van der Waals surface area contributed by atoms with E-state index < -0.39 is 17.7 Å². The molecule has 1 unspecified atom stereocenters. The summed E-state index contributed by atoms with van der Waals surface area (Å²) in [7, 11) is 1.42. The van der Waals surface area contributed by atoms with Gasteiger partial charge in [0.2, 0.25) is 0 Å².